The summed E-state index contributed by atoms with van der Waals surface area (Å²) in [6, 6.07) is 5.05. The molecule has 0 amide bonds. The molecule has 0 aliphatic rings. The SMILES string of the molecule is NCc1cc(=O)n2cc(Br)ccc2n1. The van der Waals surface area contributed by atoms with Gasteiger partial charge in [-0.2, -0.15) is 0 Å². The van der Waals surface area contributed by atoms with E-state index < -0.39 is 0 Å². The molecular formula is C9H8BrN3O. The summed E-state index contributed by atoms with van der Waals surface area (Å²) in [6.07, 6.45) is 1.69. The summed E-state index contributed by atoms with van der Waals surface area (Å²) in [6.45, 7) is 0.280. The lowest BCUT2D eigenvalue weighted by molar-refractivity contribution is 0.941. The van der Waals surface area contributed by atoms with E-state index in [1.807, 2.05) is 6.07 Å². The first-order valence-electron chi connectivity index (χ1n) is 4.08. The second-order valence-electron chi connectivity index (χ2n) is 2.87. The van der Waals surface area contributed by atoms with Gasteiger partial charge in [-0.1, -0.05) is 0 Å². The van der Waals surface area contributed by atoms with E-state index in [-0.39, 0.29) is 12.1 Å². The number of aromatic nitrogens is 2. The Bertz CT molecular complexity index is 535. The van der Waals surface area contributed by atoms with E-state index in [0.717, 1.165) is 4.47 Å². The van der Waals surface area contributed by atoms with E-state index in [2.05, 4.69) is 20.9 Å². The predicted octanol–water partition coefficient (Wildman–Crippen LogP) is 0.916. The normalized spacial score (nSPS) is 10.7. The molecule has 2 N–H and O–H groups in total. The third-order valence-electron chi connectivity index (χ3n) is 1.89. The van der Waals surface area contributed by atoms with E-state index in [1.54, 1.807) is 12.3 Å². The summed E-state index contributed by atoms with van der Waals surface area (Å²) in [4.78, 5) is 15.8. The maximum absolute atomic E-state index is 11.6. The van der Waals surface area contributed by atoms with Crippen LogP contribution in [0.3, 0.4) is 0 Å². The first kappa shape index (κ1) is 9.36. The van der Waals surface area contributed by atoms with Crippen molar-refractivity contribution in [2.24, 2.45) is 5.73 Å². The van der Waals surface area contributed by atoms with Crippen LogP contribution in [0, 0.1) is 0 Å². The third kappa shape index (κ3) is 1.56. The fourth-order valence-corrected chi connectivity index (χ4v) is 1.57. The summed E-state index contributed by atoms with van der Waals surface area (Å²) in [5.41, 5.74) is 6.53. The van der Waals surface area contributed by atoms with Gasteiger partial charge < -0.3 is 5.73 Å². The first-order chi connectivity index (χ1) is 6.70. The molecule has 2 aromatic heterocycles. The zero-order valence-corrected chi connectivity index (χ0v) is 8.86. The van der Waals surface area contributed by atoms with Crippen molar-refractivity contribution in [2.45, 2.75) is 6.54 Å². The molecule has 0 aliphatic carbocycles. The lowest BCUT2D eigenvalue weighted by Crippen LogP contribution is -2.16. The Morgan fingerprint density at radius 1 is 1.50 bits per heavy atom. The Balaban J connectivity index is 2.83. The van der Waals surface area contributed by atoms with Gasteiger partial charge in [-0.15, -0.1) is 0 Å². The molecule has 0 aliphatic heterocycles. The minimum Gasteiger partial charge on any atom is -0.325 e. The van der Waals surface area contributed by atoms with E-state index in [9.17, 15) is 4.79 Å². The lowest BCUT2D eigenvalue weighted by atomic mass is 10.4. The van der Waals surface area contributed by atoms with Gasteiger partial charge in [0.05, 0.1) is 5.69 Å². The van der Waals surface area contributed by atoms with Crippen LogP contribution in [0.25, 0.3) is 5.65 Å². The van der Waals surface area contributed by atoms with Gasteiger partial charge in [-0.3, -0.25) is 9.20 Å². The highest BCUT2D eigenvalue weighted by molar-refractivity contribution is 9.10. The largest absolute Gasteiger partial charge is 0.325 e. The summed E-state index contributed by atoms with van der Waals surface area (Å²) >= 11 is 3.29. The van der Waals surface area contributed by atoms with Crippen molar-refractivity contribution >= 4 is 21.6 Å². The summed E-state index contributed by atoms with van der Waals surface area (Å²) < 4.78 is 2.32. The fraction of sp³-hybridized carbons (Fsp3) is 0.111. The Kier molecular flexibility index (Phi) is 2.35. The molecule has 0 atom stereocenters. The van der Waals surface area contributed by atoms with Crippen molar-refractivity contribution in [1.82, 2.24) is 9.38 Å². The van der Waals surface area contributed by atoms with E-state index in [0.29, 0.717) is 11.3 Å². The van der Waals surface area contributed by atoms with Gasteiger partial charge in [0.25, 0.3) is 5.56 Å². The molecule has 14 heavy (non-hydrogen) atoms. The molecule has 0 bridgehead atoms. The Labute approximate surface area is 88.5 Å². The molecule has 2 aromatic rings. The van der Waals surface area contributed by atoms with E-state index in [4.69, 9.17) is 5.73 Å². The number of hydrogen-bond acceptors (Lipinski definition) is 3. The molecule has 4 nitrogen and oxygen atoms in total. The zero-order chi connectivity index (χ0) is 10.1. The van der Waals surface area contributed by atoms with Crippen LogP contribution in [0.1, 0.15) is 5.69 Å². The van der Waals surface area contributed by atoms with Gasteiger partial charge in [-0.25, -0.2) is 4.98 Å². The topological polar surface area (TPSA) is 60.4 Å². The van der Waals surface area contributed by atoms with Gasteiger partial charge in [0.2, 0.25) is 0 Å². The number of nitrogens with zero attached hydrogens (tertiary/aromatic N) is 2. The van der Waals surface area contributed by atoms with Gasteiger partial charge in [0.15, 0.2) is 0 Å². The number of rotatable bonds is 1. The number of hydrogen-bond donors (Lipinski definition) is 1. The summed E-state index contributed by atoms with van der Waals surface area (Å²) in [5, 5.41) is 0. The second kappa shape index (κ2) is 3.51. The van der Waals surface area contributed by atoms with Crippen molar-refractivity contribution < 1.29 is 0 Å². The summed E-state index contributed by atoms with van der Waals surface area (Å²) in [5.74, 6) is 0. The van der Waals surface area contributed by atoms with Gasteiger partial charge in [-0.05, 0) is 28.1 Å². The quantitative estimate of drug-likeness (QED) is 0.823. The third-order valence-corrected chi connectivity index (χ3v) is 2.35. The molecule has 0 aromatic carbocycles. The van der Waals surface area contributed by atoms with Crippen LogP contribution in [0.4, 0.5) is 0 Å². The van der Waals surface area contributed by atoms with Crippen molar-refractivity contribution in [3.63, 3.8) is 0 Å². The van der Waals surface area contributed by atoms with Crippen LogP contribution in [0.5, 0.6) is 0 Å². The maximum atomic E-state index is 11.6. The highest BCUT2D eigenvalue weighted by atomic mass is 79.9. The average molecular weight is 254 g/mol. The van der Waals surface area contributed by atoms with Crippen LogP contribution in [-0.4, -0.2) is 9.38 Å². The van der Waals surface area contributed by atoms with Gasteiger partial charge in [0, 0.05) is 23.3 Å². The molecule has 0 saturated carbocycles. The molecule has 0 unspecified atom stereocenters. The van der Waals surface area contributed by atoms with Crippen molar-refractivity contribution in [3.05, 3.63) is 44.9 Å². The molecular weight excluding hydrogens is 246 g/mol. The lowest BCUT2D eigenvalue weighted by Gasteiger charge is -2.02. The maximum Gasteiger partial charge on any atom is 0.258 e. The van der Waals surface area contributed by atoms with Crippen LogP contribution < -0.4 is 11.3 Å². The van der Waals surface area contributed by atoms with Crippen LogP contribution in [0.2, 0.25) is 0 Å². The van der Waals surface area contributed by atoms with E-state index in [1.165, 1.54) is 10.5 Å². The zero-order valence-electron chi connectivity index (χ0n) is 7.27. The highest BCUT2D eigenvalue weighted by Crippen LogP contribution is 2.09. The van der Waals surface area contributed by atoms with Crippen LogP contribution >= 0.6 is 15.9 Å². The minimum atomic E-state index is -0.114. The molecule has 0 fully saturated rings. The number of nitrogens with two attached hydrogens (primary N) is 1. The van der Waals surface area contributed by atoms with Gasteiger partial charge >= 0.3 is 0 Å². The number of pyridine rings is 1. The monoisotopic (exact) mass is 253 g/mol. The molecule has 0 spiro atoms. The number of fused-ring (bicyclic) bond motifs is 1. The fourth-order valence-electron chi connectivity index (χ4n) is 1.23. The molecule has 2 rings (SSSR count). The smallest absolute Gasteiger partial charge is 0.258 e. The van der Waals surface area contributed by atoms with Gasteiger partial charge in [0.1, 0.15) is 5.65 Å². The molecule has 72 valence electrons. The molecule has 5 heteroatoms. The molecule has 0 radical (unpaired) electrons. The summed E-state index contributed by atoms with van der Waals surface area (Å²) in [7, 11) is 0. The Morgan fingerprint density at radius 2 is 2.29 bits per heavy atom. The van der Waals surface area contributed by atoms with Crippen molar-refractivity contribution in [1.29, 1.82) is 0 Å². The second-order valence-corrected chi connectivity index (χ2v) is 3.78. The van der Waals surface area contributed by atoms with Crippen LogP contribution in [-0.2, 0) is 6.54 Å². The Morgan fingerprint density at radius 3 is 3.00 bits per heavy atom. The first-order valence-corrected chi connectivity index (χ1v) is 4.88. The molecule has 2 heterocycles. The Hall–Kier alpha value is -1.20. The average Bonchev–Trinajstić information content (AvgIpc) is 2.19. The predicted molar refractivity (Wildman–Crippen MR) is 57.1 cm³/mol. The minimum absolute atomic E-state index is 0.114. The van der Waals surface area contributed by atoms with E-state index >= 15 is 0 Å². The molecule has 0 saturated heterocycles. The van der Waals surface area contributed by atoms with Crippen molar-refractivity contribution in [3.8, 4) is 0 Å². The highest BCUT2D eigenvalue weighted by Gasteiger charge is 2.00. The number of halogens is 1. The van der Waals surface area contributed by atoms with Crippen LogP contribution in [0.15, 0.2) is 33.7 Å². The standard InChI is InChI=1S/C9H8BrN3O/c10-6-1-2-8-12-7(4-11)3-9(14)13(8)5-6/h1-3,5H,4,11H2. The van der Waals surface area contributed by atoms with Crippen molar-refractivity contribution in [2.75, 3.05) is 0 Å².